The number of hydrogen-bond acceptors (Lipinski definition) is 4. The first-order valence-electron chi connectivity index (χ1n) is 7.20. The van der Waals surface area contributed by atoms with Gasteiger partial charge in [0.1, 0.15) is 5.69 Å². The third-order valence-corrected chi connectivity index (χ3v) is 3.08. The van der Waals surface area contributed by atoms with Gasteiger partial charge in [0.25, 0.3) is 0 Å². The molecule has 0 aliphatic carbocycles. The van der Waals surface area contributed by atoms with Crippen LogP contribution in [0.4, 0.5) is 0 Å². The summed E-state index contributed by atoms with van der Waals surface area (Å²) in [6, 6.07) is 12.8. The van der Waals surface area contributed by atoms with Gasteiger partial charge in [0, 0.05) is 18.8 Å². The summed E-state index contributed by atoms with van der Waals surface area (Å²) in [6.07, 6.45) is -0.787. The summed E-state index contributed by atoms with van der Waals surface area (Å²) in [5.74, 6) is -1.05. The van der Waals surface area contributed by atoms with E-state index in [0.717, 1.165) is 5.56 Å². The third kappa shape index (κ3) is 3.69. The first kappa shape index (κ1) is 16.1. The minimum atomic E-state index is -1.05. The predicted molar refractivity (Wildman–Crippen MR) is 82.6 cm³/mol. The van der Waals surface area contributed by atoms with Gasteiger partial charge in [-0.05, 0) is 26.0 Å². The van der Waals surface area contributed by atoms with Crippen LogP contribution in [0.5, 0.6) is 0 Å². The lowest BCUT2D eigenvalue weighted by Crippen LogP contribution is -2.16. The second-order valence-corrected chi connectivity index (χ2v) is 4.54. The van der Waals surface area contributed by atoms with Crippen molar-refractivity contribution in [3.05, 3.63) is 53.7 Å². The van der Waals surface area contributed by atoms with Crippen molar-refractivity contribution < 1.29 is 19.4 Å². The molecule has 0 atom stereocenters. The maximum Gasteiger partial charge on any atom is 0.337 e. The second-order valence-electron chi connectivity index (χ2n) is 4.54. The number of ether oxygens (including phenoxy) is 2. The Morgan fingerprint density at radius 1 is 1.09 bits per heavy atom. The number of carboxylic acids is 1. The van der Waals surface area contributed by atoms with Gasteiger partial charge in [0.15, 0.2) is 0 Å². The molecule has 0 radical (unpaired) electrons. The fourth-order valence-corrected chi connectivity index (χ4v) is 2.11. The molecule has 0 fully saturated rings. The van der Waals surface area contributed by atoms with Gasteiger partial charge in [0.2, 0.25) is 6.29 Å². The van der Waals surface area contributed by atoms with Gasteiger partial charge in [0.05, 0.1) is 11.3 Å². The van der Waals surface area contributed by atoms with Gasteiger partial charge < -0.3 is 14.6 Å². The zero-order valence-corrected chi connectivity index (χ0v) is 12.7. The summed E-state index contributed by atoms with van der Waals surface area (Å²) in [5.41, 5.74) is 1.97. The number of carbonyl (C=O) groups is 1. The van der Waals surface area contributed by atoms with Crippen LogP contribution in [-0.2, 0) is 9.47 Å². The van der Waals surface area contributed by atoms with Crippen molar-refractivity contribution in [1.82, 2.24) is 4.98 Å². The highest BCUT2D eigenvalue weighted by molar-refractivity contribution is 5.89. The number of aromatic nitrogens is 1. The van der Waals surface area contributed by atoms with Crippen molar-refractivity contribution in [2.75, 3.05) is 13.2 Å². The normalized spacial score (nSPS) is 10.9. The van der Waals surface area contributed by atoms with Gasteiger partial charge in [-0.2, -0.15) is 0 Å². The molecule has 0 saturated heterocycles. The molecule has 0 saturated carbocycles. The van der Waals surface area contributed by atoms with Gasteiger partial charge in [-0.15, -0.1) is 0 Å². The molecule has 1 N–H and O–H groups in total. The van der Waals surface area contributed by atoms with Crippen LogP contribution >= 0.6 is 0 Å². The first-order valence-corrected chi connectivity index (χ1v) is 7.20. The summed E-state index contributed by atoms with van der Waals surface area (Å²) in [6.45, 7) is 4.46. The van der Waals surface area contributed by atoms with E-state index in [2.05, 4.69) is 4.98 Å². The van der Waals surface area contributed by atoms with E-state index < -0.39 is 12.3 Å². The Labute approximate surface area is 129 Å². The number of carboxylic acid groups (broad SMARTS) is 1. The predicted octanol–water partition coefficient (Wildman–Crippen LogP) is 3.52. The average molecular weight is 301 g/mol. The quantitative estimate of drug-likeness (QED) is 0.792. The monoisotopic (exact) mass is 301 g/mol. The standard InChI is InChI=1S/C17H19NO4/c1-3-21-17(22-4-2)15-13(16(19)20)10-11-14(18-15)12-8-6-5-7-9-12/h5-11,17H,3-4H2,1-2H3,(H,19,20). The zero-order chi connectivity index (χ0) is 15.9. The van der Waals surface area contributed by atoms with Crippen molar-refractivity contribution in [3.63, 3.8) is 0 Å². The Hall–Kier alpha value is -2.24. The van der Waals surface area contributed by atoms with Crippen molar-refractivity contribution in [1.29, 1.82) is 0 Å². The summed E-state index contributed by atoms with van der Waals surface area (Å²) in [4.78, 5) is 15.9. The largest absolute Gasteiger partial charge is 0.478 e. The number of hydrogen-bond donors (Lipinski definition) is 1. The molecular weight excluding hydrogens is 282 g/mol. The highest BCUT2D eigenvalue weighted by atomic mass is 16.7. The van der Waals surface area contributed by atoms with Crippen LogP contribution in [-0.4, -0.2) is 29.3 Å². The van der Waals surface area contributed by atoms with Gasteiger partial charge >= 0.3 is 5.97 Å². The van der Waals surface area contributed by atoms with E-state index in [1.54, 1.807) is 6.07 Å². The SMILES string of the molecule is CCOC(OCC)c1nc(-c2ccccc2)ccc1C(=O)O. The van der Waals surface area contributed by atoms with Crippen LogP contribution < -0.4 is 0 Å². The topological polar surface area (TPSA) is 68.7 Å². The lowest BCUT2D eigenvalue weighted by Gasteiger charge is -2.19. The molecule has 22 heavy (non-hydrogen) atoms. The van der Waals surface area contributed by atoms with Crippen LogP contribution in [0.3, 0.4) is 0 Å². The maximum atomic E-state index is 11.4. The van der Waals surface area contributed by atoms with E-state index in [-0.39, 0.29) is 11.3 Å². The van der Waals surface area contributed by atoms with Crippen LogP contribution in [0.1, 0.15) is 36.2 Å². The van der Waals surface area contributed by atoms with Gasteiger partial charge in [-0.1, -0.05) is 30.3 Å². The van der Waals surface area contributed by atoms with E-state index in [9.17, 15) is 9.90 Å². The molecule has 0 aliphatic heterocycles. The number of pyridine rings is 1. The second kappa shape index (κ2) is 7.68. The Bertz CT molecular complexity index is 622. The molecule has 2 aromatic rings. The summed E-state index contributed by atoms with van der Waals surface area (Å²) in [7, 11) is 0. The highest BCUT2D eigenvalue weighted by Crippen LogP contribution is 2.25. The minimum absolute atomic E-state index is 0.0894. The Balaban J connectivity index is 2.49. The molecule has 5 heteroatoms. The minimum Gasteiger partial charge on any atom is -0.478 e. The van der Waals surface area contributed by atoms with Crippen LogP contribution in [0.2, 0.25) is 0 Å². The maximum absolute atomic E-state index is 11.4. The molecule has 5 nitrogen and oxygen atoms in total. The molecule has 1 heterocycles. The third-order valence-electron chi connectivity index (χ3n) is 3.08. The number of rotatable bonds is 7. The van der Waals surface area contributed by atoms with E-state index in [1.807, 2.05) is 44.2 Å². The fourth-order valence-electron chi connectivity index (χ4n) is 2.11. The molecule has 0 spiro atoms. The summed E-state index contributed by atoms with van der Waals surface area (Å²) in [5, 5.41) is 9.36. The van der Waals surface area contributed by atoms with E-state index in [4.69, 9.17) is 9.47 Å². The van der Waals surface area contributed by atoms with Crippen molar-refractivity contribution >= 4 is 5.97 Å². The Morgan fingerprint density at radius 2 is 1.73 bits per heavy atom. The van der Waals surface area contributed by atoms with Crippen molar-refractivity contribution in [2.24, 2.45) is 0 Å². The number of benzene rings is 1. The number of aromatic carboxylic acids is 1. The van der Waals surface area contributed by atoms with Gasteiger partial charge in [-0.3, -0.25) is 0 Å². The molecule has 0 bridgehead atoms. The zero-order valence-electron chi connectivity index (χ0n) is 12.7. The van der Waals surface area contributed by atoms with E-state index >= 15 is 0 Å². The highest BCUT2D eigenvalue weighted by Gasteiger charge is 2.22. The summed E-state index contributed by atoms with van der Waals surface area (Å²) < 4.78 is 11.0. The molecular formula is C17H19NO4. The van der Waals surface area contributed by atoms with Crippen LogP contribution in [0, 0.1) is 0 Å². The lowest BCUT2D eigenvalue weighted by molar-refractivity contribution is -0.142. The van der Waals surface area contributed by atoms with Crippen LogP contribution in [0.15, 0.2) is 42.5 Å². The van der Waals surface area contributed by atoms with Crippen LogP contribution in [0.25, 0.3) is 11.3 Å². The molecule has 1 aromatic heterocycles. The van der Waals surface area contributed by atoms with E-state index in [0.29, 0.717) is 18.9 Å². The summed E-state index contributed by atoms with van der Waals surface area (Å²) >= 11 is 0. The van der Waals surface area contributed by atoms with Crippen molar-refractivity contribution in [2.45, 2.75) is 20.1 Å². The number of nitrogens with zero attached hydrogens (tertiary/aromatic N) is 1. The molecule has 2 rings (SSSR count). The molecule has 116 valence electrons. The average Bonchev–Trinajstić information content (AvgIpc) is 2.55. The van der Waals surface area contributed by atoms with Gasteiger partial charge in [-0.25, -0.2) is 9.78 Å². The molecule has 1 aromatic carbocycles. The Kier molecular flexibility index (Phi) is 5.63. The van der Waals surface area contributed by atoms with Crippen molar-refractivity contribution in [3.8, 4) is 11.3 Å². The fraction of sp³-hybridized carbons (Fsp3) is 0.294. The molecule has 0 unspecified atom stereocenters. The molecule has 0 aliphatic rings. The lowest BCUT2D eigenvalue weighted by atomic mass is 10.1. The van der Waals surface area contributed by atoms with E-state index in [1.165, 1.54) is 6.07 Å². The molecule has 0 amide bonds. The first-order chi connectivity index (χ1) is 10.7. The Morgan fingerprint density at radius 3 is 2.27 bits per heavy atom. The smallest absolute Gasteiger partial charge is 0.337 e.